The van der Waals surface area contributed by atoms with Gasteiger partial charge < -0.3 is 9.84 Å². The van der Waals surface area contributed by atoms with Gasteiger partial charge in [-0.3, -0.25) is 0 Å². The van der Waals surface area contributed by atoms with E-state index in [2.05, 4.69) is 4.99 Å². The third-order valence-corrected chi connectivity index (χ3v) is 4.15. The van der Waals surface area contributed by atoms with E-state index in [4.69, 9.17) is 4.74 Å². The highest BCUT2D eigenvalue weighted by molar-refractivity contribution is 5.94. The second-order valence-corrected chi connectivity index (χ2v) is 5.11. The first-order valence-corrected chi connectivity index (χ1v) is 6.60. The van der Waals surface area contributed by atoms with E-state index in [0.717, 1.165) is 24.6 Å². The number of rotatable bonds is 3. The van der Waals surface area contributed by atoms with Gasteiger partial charge in [0.05, 0.1) is 7.11 Å². The van der Waals surface area contributed by atoms with Gasteiger partial charge in [0, 0.05) is 16.3 Å². The maximum Gasteiger partial charge on any atom is 0.235 e. The van der Waals surface area contributed by atoms with Crippen LogP contribution in [0.4, 0.5) is 0 Å². The lowest BCUT2D eigenvalue weighted by atomic mass is 9.71. The molecule has 0 unspecified atom stereocenters. The summed E-state index contributed by atoms with van der Waals surface area (Å²) in [7, 11) is 1.60. The zero-order chi connectivity index (χ0) is 14.2. The Morgan fingerprint density at radius 3 is 2.65 bits per heavy atom. The number of isocyanates is 1. The Morgan fingerprint density at radius 1 is 1.25 bits per heavy atom. The maximum absolute atomic E-state index is 10.7. The molecule has 0 aromatic heterocycles. The molecule has 2 aromatic carbocycles. The monoisotopic (exact) mass is 269 g/mol. The predicted octanol–water partition coefficient (Wildman–Crippen LogP) is 3.27. The van der Waals surface area contributed by atoms with E-state index in [9.17, 15) is 9.90 Å². The minimum absolute atomic E-state index is 0.181. The van der Waals surface area contributed by atoms with E-state index in [1.165, 1.54) is 0 Å². The van der Waals surface area contributed by atoms with Gasteiger partial charge in [0.25, 0.3) is 0 Å². The number of hydrogen-bond donors (Lipinski definition) is 1. The summed E-state index contributed by atoms with van der Waals surface area (Å²) < 4.78 is 5.30. The van der Waals surface area contributed by atoms with Crippen LogP contribution in [0.3, 0.4) is 0 Å². The van der Waals surface area contributed by atoms with Crippen LogP contribution in [0.5, 0.6) is 11.5 Å². The normalized spacial score (nSPS) is 16.2. The number of aliphatic imine (C=N–C) groups is 1. The number of methoxy groups -OCH3 is 1. The molecule has 1 aliphatic carbocycles. The predicted molar refractivity (Wildman–Crippen MR) is 75.8 cm³/mol. The van der Waals surface area contributed by atoms with Gasteiger partial charge in [-0.05, 0) is 25.3 Å². The topological polar surface area (TPSA) is 58.9 Å². The van der Waals surface area contributed by atoms with Gasteiger partial charge in [-0.1, -0.05) is 24.3 Å². The van der Waals surface area contributed by atoms with Crippen LogP contribution >= 0.6 is 0 Å². The summed E-state index contributed by atoms with van der Waals surface area (Å²) >= 11 is 0. The van der Waals surface area contributed by atoms with Crippen molar-refractivity contribution < 1.29 is 14.6 Å². The molecule has 0 saturated heterocycles. The van der Waals surface area contributed by atoms with Gasteiger partial charge in [0.15, 0.2) is 0 Å². The molecular weight excluding hydrogens is 254 g/mol. The Hall–Kier alpha value is -2.32. The number of phenolic OH excluding ortho intramolecular Hbond substituents is 1. The molecule has 1 fully saturated rings. The lowest BCUT2D eigenvalue weighted by Crippen LogP contribution is -2.31. The fourth-order valence-electron chi connectivity index (χ4n) is 2.91. The largest absolute Gasteiger partial charge is 0.507 e. The van der Waals surface area contributed by atoms with Crippen LogP contribution in [0.25, 0.3) is 10.8 Å². The molecule has 0 heterocycles. The van der Waals surface area contributed by atoms with Crippen LogP contribution in [-0.4, -0.2) is 18.3 Å². The molecule has 2 aromatic rings. The van der Waals surface area contributed by atoms with Crippen LogP contribution in [0.2, 0.25) is 0 Å². The van der Waals surface area contributed by atoms with E-state index in [1.807, 2.05) is 30.3 Å². The first kappa shape index (κ1) is 12.7. The number of aromatic hydroxyl groups is 1. The van der Waals surface area contributed by atoms with Gasteiger partial charge in [-0.15, -0.1) is 0 Å². The van der Waals surface area contributed by atoms with E-state index >= 15 is 0 Å². The Balaban J connectivity index is 2.24. The molecule has 4 nitrogen and oxygen atoms in total. The van der Waals surface area contributed by atoms with Gasteiger partial charge in [-0.2, -0.15) is 4.99 Å². The third-order valence-electron chi connectivity index (χ3n) is 4.15. The molecule has 4 heteroatoms. The molecule has 20 heavy (non-hydrogen) atoms. The van der Waals surface area contributed by atoms with Crippen molar-refractivity contribution in [2.24, 2.45) is 4.99 Å². The highest BCUT2D eigenvalue weighted by Crippen LogP contribution is 2.49. The molecule has 102 valence electrons. The average molecular weight is 269 g/mol. The smallest absolute Gasteiger partial charge is 0.235 e. The van der Waals surface area contributed by atoms with Crippen molar-refractivity contribution in [2.75, 3.05) is 7.11 Å². The molecule has 0 spiro atoms. The minimum atomic E-state index is -0.594. The van der Waals surface area contributed by atoms with Gasteiger partial charge in [0.1, 0.15) is 17.0 Å². The quantitative estimate of drug-likeness (QED) is 0.687. The SMILES string of the molecule is COc1cccc2c(O)c(C3(N=C=O)CCC3)ccc12. The van der Waals surface area contributed by atoms with Gasteiger partial charge >= 0.3 is 0 Å². The zero-order valence-electron chi connectivity index (χ0n) is 11.2. The Morgan fingerprint density at radius 2 is 2.05 bits per heavy atom. The molecule has 0 bridgehead atoms. The number of phenols is 1. The molecular formula is C16H15NO3. The second kappa shape index (κ2) is 4.66. The van der Waals surface area contributed by atoms with Gasteiger partial charge in [0.2, 0.25) is 6.08 Å². The van der Waals surface area contributed by atoms with Crippen LogP contribution < -0.4 is 4.74 Å². The molecule has 1 N–H and O–H groups in total. The molecule has 0 atom stereocenters. The first-order chi connectivity index (χ1) is 9.72. The van der Waals surface area contributed by atoms with Crippen molar-refractivity contribution in [3.05, 3.63) is 35.9 Å². The number of ether oxygens (including phenoxy) is 1. The van der Waals surface area contributed by atoms with E-state index in [-0.39, 0.29) is 5.75 Å². The van der Waals surface area contributed by atoms with Crippen LogP contribution in [-0.2, 0) is 10.3 Å². The highest BCUT2D eigenvalue weighted by atomic mass is 16.5. The second-order valence-electron chi connectivity index (χ2n) is 5.11. The van der Waals surface area contributed by atoms with E-state index in [0.29, 0.717) is 16.7 Å². The van der Waals surface area contributed by atoms with Crippen LogP contribution in [0.1, 0.15) is 24.8 Å². The maximum atomic E-state index is 10.7. The van der Waals surface area contributed by atoms with Crippen molar-refractivity contribution in [1.82, 2.24) is 0 Å². The lowest BCUT2D eigenvalue weighted by molar-refractivity contribution is 0.248. The number of benzene rings is 2. The average Bonchev–Trinajstić information content (AvgIpc) is 2.43. The van der Waals surface area contributed by atoms with Crippen molar-refractivity contribution >= 4 is 16.9 Å². The molecule has 1 aliphatic rings. The molecule has 0 aliphatic heterocycles. The van der Waals surface area contributed by atoms with Crippen LogP contribution in [0.15, 0.2) is 35.3 Å². The lowest BCUT2D eigenvalue weighted by Gasteiger charge is -2.37. The fraction of sp³-hybridized carbons (Fsp3) is 0.312. The summed E-state index contributed by atoms with van der Waals surface area (Å²) in [6.45, 7) is 0. The molecule has 0 amide bonds. The number of nitrogens with zero attached hydrogens (tertiary/aromatic N) is 1. The zero-order valence-corrected chi connectivity index (χ0v) is 11.2. The van der Waals surface area contributed by atoms with E-state index in [1.54, 1.807) is 13.2 Å². The third kappa shape index (κ3) is 1.69. The van der Waals surface area contributed by atoms with Crippen molar-refractivity contribution in [2.45, 2.75) is 24.8 Å². The summed E-state index contributed by atoms with van der Waals surface area (Å²) in [5.74, 6) is 0.894. The number of hydrogen-bond acceptors (Lipinski definition) is 4. The Labute approximate surface area is 116 Å². The standard InChI is InChI=1S/C16H15NO3/c1-20-14-5-2-4-12-11(14)6-7-13(15(12)19)16(17-10-18)8-3-9-16/h2,4-7,19H,3,8-9H2,1H3. The molecule has 3 rings (SSSR count). The van der Waals surface area contributed by atoms with Crippen LogP contribution in [0, 0.1) is 0 Å². The fourth-order valence-corrected chi connectivity index (χ4v) is 2.91. The van der Waals surface area contributed by atoms with Crippen molar-refractivity contribution in [3.63, 3.8) is 0 Å². The van der Waals surface area contributed by atoms with Crippen molar-refractivity contribution in [1.29, 1.82) is 0 Å². The first-order valence-electron chi connectivity index (χ1n) is 6.60. The number of fused-ring (bicyclic) bond motifs is 1. The summed E-state index contributed by atoms with van der Waals surface area (Å²) in [4.78, 5) is 14.6. The van der Waals surface area contributed by atoms with E-state index < -0.39 is 5.54 Å². The minimum Gasteiger partial charge on any atom is -0.507 e. The Kier molecular flexibility index (Phi) is 2.96. The molecule has 1 saturated carbocycles. The summed E-state index contributed by atoms with van der Waals surface area (Å²) in [6, 6.07) is 9.27. The summed E-state index contributed by atoms with van der Waals surface area (Å²) in [5.41, 5.74) is 0.108. The Bertz CT molecular complexity index is 713. The van der Waals surface area contributed by atoms with Crippen molar-refractivity contribution in [3.8, 4) is 11.5 Å². The summed E-state index contributed by atoms with van der Waals surface area (Å²) in [6.07, 6.45) is 4.18. The molecule has 0 radical (unpaired) electrons. The number of carbonyl (C=O) groups excluding carboxylic acids is 1. The summed E-state index contributed by atoms with van der Waals surface area (Å²) in [5, 5.41) is 12.1. The van der Waals surface area contributed by atoms with Gasteiger partial charge in [-0.25, -0.2) is 4.79 Å². The highest BCUT2D eigenvalue weighted by Gasteiger charge is 2.41.